The molecular weight excluding hydrogens is 394 g/mol. The molecule has 1 heterocycles. The Labute approximate surface area is 181 Å². The zero-order valence-corrected chi connectivity index (χ0v) is 18.0. The fourth-order valence-electron chi connectivity index (χ4n) is 2.81. The SMILES string of the molecule is CC(=[NH2+])OC(=N)c1ccc(CO/N=C/c2c(C)nn(C)c2Oc2ccc(C)cc2)cc1. The summed E-state index contributed by atoms with van der Waals surface area (Å²) in [7, 11) is 1.82. The van der Waals surface area contributed by atoms with E-state index < -0.39 is 0 Å². The molecule has 2 aromatic carbocycles. The van der Waals surface area contributed by atoms with Crippen molar-refractivity contribution in [2.45, 2.75) is 27.4 Å². The summed E-state index contributed by atoms with van der Waals surface area (Å²) in [5.41, 5.74) is 4.22. The van der Waals surface area contributed by atoms with Crippen molar-refractivity contribution in [1.29, 1.82) is 5.41 Å². The van der Waals surface area contributed by atoms with Crippen LogP contribution in [0.15, 0.2) is 53.7 Å². The lowest BCUT2D eigenvalue weighted by Gasteiger charge is -2.07. The molecule has 0 amide bonds. The van der Waals surface area contributed by atoms with E-state index in [1.807, 2.05) is 57.3 Å². The number of benzene rings is 2. The molecule has 0 unspecified atom stereocenters. The van der Waals surface area contributed by atoms with Crippen molar-refractivity contribution in [1.82, 2.24) is 9.78 Å². The van der Waals surface area contributed by atoms with Gasteiger partial charge in [0, 0.05) is 12.6 Å². The van der Waals surface area contributed by atoms with E-state index in [0.717, 1.165) is 28.1 Å². The highest BCUT2D eigenvalue weighted by atomic mass is 16.6. The van der Waals surface area contributed by atoms with Gasteiger partial charge in [-0.25, -0.2) is 10.1 Å². The highest BCUT2D eigenvalue weighted by molar-refractivity contribution is 5.97. The molecule has 3 aromatic rings. The van der Waals surface area contributed by atoms with E-state index >= 15 is 0 Å². The largest absolute Gasteiger partial charge is 0.439 e. The lowest BCUT2D eigenvalue weighted by atomic mass is 10.1. The number of aryl methyl sites for hydroxylation is 3. The van der Waals surface area contributed by atoms with Gasteiger partial charge in [0.2, 0.25) is 11.8 Å². The highest BCUT2D eigenvalue weighted by Crippen LogP contribution is 2.26. The Morgan fingerprint density at radius 3 is 2.45 bits per heavy atom. The minimum Gasteiger partial charge on any atom is -0.439 e. The number of nitrogens with one attached hydrogen (secondary N) is 1. The maximum absolute atomic E-state index is 7.83. The normalized spacial score (nSPS) is 10.8. The molecule has 1 aromatic heterocycles. The third-order valence-electron chi connectivity index (χ3n) is 4.42. The fourth-order valence-corrected chi connectivity index (χ4v) is 2.81. The van der Waals surface area contributed by atoms with E-state index in [9.17, 15) is 0 Å². The Balaban J connectivity index is 1.63. The fraction of sp³-hybridized carbons (Fsp3) is 0.217. The molecular formula is C23H26N5O3+. The number of nitrogens with zero attached hydrogens (tertiary/aromatic N) is 3. The minimum atomic E-state index is -0.00125. The lowest BCUT2D eigenvalue weighted by molar-refractivity contribution is -0.133. The van der Waals surface area contributed by atoms with Crippen LogP contribution in [0.2, 0.25) is 0 Å². The number of nitrogens with two attached hydrogens (primary N) is 1. The number of rotatable bonds is 7. The van der Waals surface area contributed by atoms with Gasteiger partial charge in [0.1, 0.15) is 12.4 Å². The van der Waals surface area contributed by atoms with Gasteiger partial charge in [-0.15, -0.1) is 0 Å². The monoisotopic (exact) mass is 420 g/mol. The van der Waals surface area contributed by atoms with Crippen molar-refractivity contribution in [3.05, 3.63) is 76.5 Å². The quantitative estimate of drug-likeness (QED) is 0.348. The maximum Gasteiger partial charge on any atom is 0.336 e. The van der Waals surface area contributed by atoms with E-state index in [2.05, 4.69) is 10.3 Å². The summed E-state index contributed by atoms with van der Waals surface area (Å²) in [6, 6.07) is 15.0. The molecule has 8 heteroatoms. The van der Waals surface area contributed by atoms with Crippen molar-refractivity contribution in [3.63, 3.8) is 0 Å². The van der Waals surface area contributed by atoms with E-state index in [1.165, 1.54) is 0 Å². The van der Waals surface area contributed by atoms with E-state index in [0.29, 0.717) is 11.4 Å². The van der Waals surface area contributed by atoms with Gasteiger partial charge >= 0.3 is 5.90 Å². The smallest absolute Gasteiger partial charge is 0.336 e. The van der Waals surface area contributed by atoms with E-state index in [4.69, 9.17) is 25.1 Å². The van der Waals surface area contributed by atoms with Gasteiger partial charge in [-0.3, -0.25) is 5.41 Å². The van der Waals surface area contributed by atoms with Crippen LogP contribution in [-0.4, -0.2) is 27.8 Å². The summed E-state index contributed by atoms with van der Waals surface area (Å²) in [4.78, 5) is 5.44. The first-order valence-electron chi connectivity index (χ1n) is 9.71. The van der Waals surface area contributed by atoms with E-state index in [-0.39, 0.29) is 18.4 Å². The van der Waals surface area contributed by atoms with E-state index in [1.54, 1.807) is 30.0 Å². The average molecular weight is 420 g/mol. The maximum atomic E-state index is 7.83. The third kappa shape index (κ3) is 5.79. The predicted octanol–water partition coefficient (Wildman–Crippen LogP) is 2.90. The van der Waals surface area contributed by atoms with Gasteiger partial charge < -0.3 is 14.3 Å². The second-order valence-electron chi connectivity index (χ2n) is 7.09. The summed E-state index contributed by atoms with van der Waals surface area (Å²) in [5.74, 6) is 1.53. The number of oxime groups is 1. The molecule has 0 saturated carbocycles. The van der Waals surface area contributed by atoms with Crippen molar-refractivity contribution < 1.29 is 19.7 Å². The first-order chi connectivity index (χ1) is 14.8. The van der Waals surface area contributed by atoms with Crippen LogP contribution in [0.25, 0.3) is 0 Å². The van der Waals surface area contributed by atoms with Crippen LogP contribution >= 0.6 is 0 Å². The summed E-state index contributed by atoms with van der Waals surface area (Å²) in [6.07, 6.45) is 1.60. The predicted molar refractivity (Wildman–Crippen MR) is 119 cm³/mol. The summed E-state index contributed by atoms with van der Waals surface area (Å²) < 4.78 is 12.8. The molecule has 31 heavy (non-hydrogen) atoms. The van der Waals surface area contributed by atoms with Crippen LogP contribution in [0, 0.1) is 19.3 Å². The van der Waals surface area contributed by atoms with Crippen molar-refractivity contribution in [3.8, 4) is 11.6 Å². The van der Waals surface area contributed by atoms with Gasteiger partial charge in [0.15, 0.2) is 0 Å². The molecule has 0 spiro atoms. The topological polar surface area (TPSA) is 107 Å². The van der Waals surface area contributed by atoms with Crippen LogP contribution in [0.1, 0.15) is 34.9 Å². The molecule has 0 aliphatic heterocycles. The second kappa shape index (κ2) is 9.71. The Morgan fingerprint density at radius 1 is 1.13 bits per heavy atom. The summed E-state index contributed by atoms with van der Waals surface area (Å²) in [5, 5.41) is 21.8. The Bertz CT molecular complexity index is 1100. The Kier molecular flexibility index (Phi) is 6.81. The first kappa shape index (κ1) is 21.8. The molecule has 3 rings (SSSR count). The third-order valence-corrected chi connectivity index (χ3v) is 4.42. The van der Waals surface area contributed by atoms with Crippen LogP contribution < -0.4 is 10.1 Å². The zero-order chi connectivity index (χ0) is 22.4. The van der Waals surface area contributed by atoms with Gasteiger partial charge in [0.25, 0.3) is 0 Å². The van der Waals surface area contributed by atoms with Crippen LogP contribution in [0.3, 0.4) is 0 Å². The number of aromatic nitrogens is 2. The van der Waals surface area contributed by atoms with Gasteiger partial charge in [-0.2, -0.15) is 5.10 Å². The van der Waals surface area contributed by atoms with Crippen molar-refractivity contribution in [2.75, 3.05) is 0 Å². The lowest BCUT2D eigenvalue weighted by Crippen LogP contribution is -2.40. The van der Waals surface area contributed by atoms with Crippen molar-refractivity contribution in [2.24, 2.45) is 12.2 Å². The number of hydrogen-bond acceptors (Lipinski definition) is 6. The van der Waals surface area contributed by atoms with Crippen LogP contribution in [-0.2, 0) is 23.2 Å². The molecule has 0 aliphatic carbocycles. The zero-order valence-electron chi connectivity index (χ0n) is 18.0. The molecule has 8 nitrogen and oxygen atoms in total. The van der Waals surface area contributed by atoms with Gasteiger partial charge in [-0.05, 0) is 43.7 Å². The summed E-state index contributed by atoms with van der Waals surface area (Å²) in [6.45, 7) is 5.79. The van der Waals surface area contributed by atoms with Crippen molar-refractivity contribution >= 4 is 18.0 Å². The molecule has 0 atom stereocenters. The summed E-state index contributed by atoms with van der Waals surface area (Å²) >= 11 is 0. The van der Waals surface area contributed by atoms with Gasteiger partial charge in [-0.1, -0.05) is 35.0 Å². The molecule has 0 radical (unpaired) electrons. The molecule has 3 N–H and O–H groups in total. The second-order valence-corrected chi connectivity index (χ2v) is 7.09. The molecule has 0 saturated heterocycles. The highest BCUT2D eigenvalue weighted by Gasteiger charge is 2.14. The number of hydrogen-bond donors (Lipinski definition) is 2. The first-order valence-corrected chi connectivity index (χ1v) is 9.71. The van der Waals surface area contributed by atoms with Gasteiger partial charge in [0.05, 0.1) is 24.4 Å². The number of ether oxygens (including phenoxy) is 2. The van der Waals surface area contributed by atoms with Crippen LogP contribution in [0.5, 0.6) is 11.6 Å². The minimum absolute atomic E-state index is 0.00125. The Hall–Kier alpha value is -3.94. The molecule has 0 fully saturated rings. The standard InChI is InChI=1S/C23H25N5O3/c1-15-5-11-20(12-6-15)31-23-21(16(2)27-28(23)4)13-26-29-14-18-7-9-19(10-8-18)22(25)30-17(3)24/h5-13,24-25H,14H2,1-4H3/p+1/b24-17?,25-22?,26-13+. The Morgan fingerprint density at radius 2 is 1.81 bits per heavy atom. The molecule has 0 aliphatic rings. The molecule has 0 bridgehead atoms. The van der Waals surface area contributed by atoms with Crippen LogP contribution in [0.4, 0.5) is 0 Å². The molecule has 160 valence electrons. The average Bonchev–Trinajstić information content (AvgIpc) is 2.99.